The van der Waals surface area contributed by atoms with Crippen molar-refractivity contribution in [3.8, 4) is 33.8 Å². The Morgan fingerprint density at radius 3 is 2.24 bits per heavy atom. The van der Waals surface area contributed by atoms with E-state index in [0.29, 0.717) is 0 Å². The molecule has 6 aromatic carbocycles. The van der Waals surface area contributed by atoms with Gasteiger partial charge < -0.3 is 19.1 Å². The molecule has 2 heterocycles. The van der Waals surface area contributed by atoms with Gasteiger partial charge in [-0.25, -0.2) is 0 Å². The Morgan fingerprint density at radius 2 is 1.46 bits per heavy atom. The van der Waals surface area contributed by atoms with Gasteiger partial charge in [0, 0.05) is 52.9 Å². The number of hydrogen-bond donors (Lipinski definition) is 0. The lowest BCUT2D eigenvalue weighted by atomic mass is 9.76. The van der Waals surface area contributed by atoms with Crippen LogP contribution in [0.4, 0.5) is 5.69 Å². The Hall–Kier alpha value is -5.32. The highest BCUT2D eigenvalue weighted by Crippen LogP contribution is 2.58. The van der Waals surface area contributed by atoms with Crippen molar-refractivity contribution >= 4 is 22.5 Å². The maximum absolute atomic E-state index is 7.54. The molecule has 50 heavy (non-hydrogen) atoms. The average molecular weight is 656 g/mol. The molecule has 248 valence electrons. The Kier molecular flexibility index (Phi) is 7.33. The molecule has 4 heteroatoms. The van der Waals surface area contributed by atoms with E-state index >= 15 is 0 Å². The fraction of sp³-hybridized carbons (Fsp3) is 0.217. The number of methoxy groups -OCH3 is 1. The van der Waals surface area contributed by atoms with Gasteiger partial charge in [-0.3, -0.25) is 0 Å². The van der Waals surface area contributed by atoms with Crippen LogP contribution in [0.1, 0.15) is 48.1 Å². The van der Waals surface area contributed by atoms with Gasteiger partial charge in [0.15, 0.2) is 5.60 Å². The SMILES string of the molecule is COc1ccc2c3c(c4c(c2c1)OC(c1ccccc1)(c1ccc(N2CCCOCC2)cc1)C=C4)C(C)(C)c1cc(-c2ccccc2)ccc1-3. The highest BCUT2D eigenvalue weighted by Gasteiger charge is 2.44. The second kappa shape index (κ2) is 11.9. The lowest BCUT2D eigenvalue weighted by molar-refractivity contribution is 0.152. The van der Waals surface area contributed by atoms with Crippen LogP contribution in [0, 0.1) is 0 Å². The molecule has 0 radical (unpaired) electrons. The van der Waals surface area contributed by atoms with Gasteiger partial charge in [0.2, 0.25) is 0 Å². The van der Waals surface area contributed by atoms with Crippen LogP contribution in [-0.4, -0.2) is 33.4 Å². The summed E-state index contributed by atoms with van der Waals surface area (Å²) < 4.78 is 19.1. The van der Waals surface area contributed by atoms with Crippen molar-refractivity contribution in [3.05, 3.63) is 155 Å². The summed E-state index contributed by atoms with van der Waals surface area (Å²) in [5, 5.41) is 2.23. The number of fused-ring (bicyclic) bond motifs is 8. The summed E-state index contributed by atoms with van der Waals surface area (Å²) in [4.78, 5) is 2.42. The minimum absolute atomic E-state index is 0.257. The molecule has 0 saturated carbocycles. The molecular formula is C46H41NO3. The van der Waals surface area contributed by atoms with E-state index in [1.54, 1.807) is 7.11 Å². The Balaban J connectivity index is 1.24. The van der Waals surface area contributed by atoms with E-state index in [4.69, 9.17) is 14.2 Å². The Labute approximate surface area is 294 Å². The molecule has 0 bridgehead atoms. The maximum atomic E-state index is 7.54. The van der Waals surface area contributed by atoms with Crippen molar-refractivity contribution in [2.45, 2.75) is 31.3 Å². The van der Waals surface area contributed by atoms with Crippen LogP contribution in [0.5, 0.6) is 11.5 Å². The molecule has 0 spiro atoms. The second-order valence-corrected chi connectivity index (χ2v) is 14.2. The molecule has 4 nitrogen and oxygen atoms in total. The van der Waals surface area contributed by atoms with E-state index in [1.165, 1.54) is 44.5 Å². The highest BCUT2D eigenvalue weighted by atomic mass is 16.5. The molecular weight excluding hydrogens is 615 g/mol. The van der Waals surface area contributed by atoms with Crippen LogP contribution >= 0.6 is 0 Å². The molecule has 1 atom stereocenters. The van der Waals surface area contributed by atoms with Gasteiger partial charge in [0.25, 0.3) is 0 Å². The van der Waals surface area contributed by atoms with E-state index in [1.807, 2.05) is 0 Å². The molecule has 1 fully saturated rings. The van der Waals surface area contributed by atoms with Crippen LogP contribution in [0.15, 0.2) is 127 Å². The van der Waals surface area contributed by atoms with E-state index < -0.39 is 5.60 Å². The smallest absolute Gasteiger partial charge is 0.178 e. The first kappa shape index (κ1) is 30.7. The normalized spacial score (nSPS) is 18.9. The van der Waals surface area contributed by atoms with Gasteiger partial charge in [-0.2, -0.15) is 0 Å². The zero-order valence-corrected chi connectivity index (χ0v) is 28.9. The van der Waals surface area contributed by atoms with Crippen molar-refractivity contribution in [1.29, 1.82) is 0 Å². The molecule has 9 rings (SSSR count). The van der Waals surface area contributed by atoms with Gasteiger partial charge in [0.05, 0.1) is 13.7 Å². The summed E-state index contributed by atoms with van der Waals surface area (Å²) in [6.45, 7) is 8.20. The van der Waals surface area contributed by atoms with Crippen LogP contribution in [0.25, 0.3) is 39.1 Å². The number of nitrogens with zero attached hydrogens (tertiary/aromatic N) is 1. The molecule has 0 amide bonds. The number of rotatable bonds is 5. The third-order valence-corrected chi connectivity index (χ3v) is 11.0. The van der Waals surface area contributed by atoms with E-state index in [-0.39, 0.29) is 5.41 Å². The summed E-state index contributed by atoms with van der Waals surface area (Å²) in [5.74, 6) is 1.70. The number of hydrogen-bond acceptors (Lipinski definition) is 4. The quantitative estimate of drug-likeness (QED) is 0.185. The summed E-state index contributed by atoms with van der Waals surface area (Å²) in [6, 6.07) is 43.7. The van der Waals surface area contributed by atoms with Gasteiger partial charge >= 0.3 is 0 Å². The van der Waals surface area contributed by atoms with Crippen LogP contribution in [0.3, 0.4) is 0 Å². The molecule has 2 aliphatic heterocycles. The topological polar surface area (TPSA) is 30.9 Å². The van der Waals surface area contributed by atoms with E-state index in [9.17, 15) is 0 Å². The van der Waals surface area contributed by atoms with Crippen molar-refractivity contribution < 1.29 is 14.2 Å². The molecule has 1 saturated heterocycles. The molecule has 6 aromatic rings. The van der Waals surface area contributed by atoms with Crippen molar-refractivity contribution in [2.24, 2.45) is 0 Å². The highest BCUT2D eigenvalue weighted by molar-refractivity contribution is 6.09. The average Bonchev–Trinajstić information content (AvgIpc) is 3.32. The first-order valence-corrected chi connectivity index (χ1v) is 17.7. The van der Waals surface area contributed by atoms with E-state index in [2.05, 4.69) is 152 Å². The predicted molar refractivity (Wildman–Crippen MR) is 204 cm³/mol. The third-order valence-electron chi connectivity index (χ3n) is 11.0. The fourth-order valence-electron chi connectivity index (χ4n) is 8.49. The fourth-order valence-corrected chi connectivity index (χ4v) is 8.49. The van der Waals surface area contributed by atoms with Crippen molar-refractivity contribution in [2.75, 3.05) is 38.3 Å². The number of benzene rings is 6. The van der Waals surface area contributed by atoms with Crippen LogP contribution in [-0.2, 0) is 15.8 Å². The predicted octanol–water partition coefficient (Wildman–Crippen LogP) is 10.4. The first-order chi connectivity index (χ1) is 24.5. The molecule has 0 aromatic heterocycles. The maximum Gasteiger partial charge on any atom is 0.178 e. The summed E-state index contributed by atoms with van der Waals surface area (Å²) >= 11 is 0. The zero-order valence-electron chi connectivity index (χ0n) is 28.9. The first-order valence-electron chi connectivity index (χ1n) is 17.7. The van der Waals surface area contributed by atoms with E-state index in [0.717, 1.165) is 66.3 Å². The van der Waals surface area contributed by atoms with Gasteiger partial charge in [-0.05, 0) is 87.7 Å². The van der Waals surface area contributed by atoms with Gasteiger partial charge in [0.1, 0.15) is 11.5 Å². The molecule has 1 aliphatic carbocycles. The second-order valence-electron chi connectivity index (χ2n) is 14.2. The summed E-state index contributed by atoms with van der Waals surface area (Å²) in [5.41, 5.74) is 11.1. The lowest BCUT2D eigenvalue weighted by Crippen LogP contribution is -2.35. The van der Waals surface area contributed by atoms with Crippen molar-refractivity contribution in [3.63, 3.8) is 0 Å². The van der Waals surface area contributed by atoms with Gasteiger partial charge in [-0.1, -0.05) is 105 Å². The largest absolute Gasteiger partial charge is 0.497 e. The molecule has 1 unspecified atom stereocenters. The summed E-state index contributed by atoms with van der Waals surface area (Å²) in [6.07, 6.45) is 5.64. The zero-order chi connectivity index (χ0) is 33.9. The van der Waals surface area contributed by atoms with Gasteiger partial charge in [-0.15, -0.1) is 0 Å². The Morgan fingerprint density at radius 1 is 0.700 bits per heavy atom. The standard InChI is InChI=1S/C46H41NO3/c1-45(2)41-29-32(31-11-6-4-7-12-31)15-21-38(41)42-37-22-20-36(48-3)30-40(37)44-39(43(42)45)23-24-46(50-44,33-13-8-5-9-14-33)34-16-18-35(19-17-34)47-25-10-27-49-28-26-47/h4-9,11-24,29-30H,10,25-28H2,1-3H3. The monoisotopic (exact) mass is 655 g/mol. The van der Waals surface area contributed by atoms with Crippen molar-refractivity contribution in [1.82, 2.24) is 0 Å². The van der Waals surface area contributed by atoms with Crippen LogP contribution in [0.2, 0.25) is 0 Å². The van der Waals surface area contributed by atoms with Crippen LogP contribution < -0.4 is 14.4 Å². The lowest BCUT2D eigenvalue weighted by Gasteiger charge is -2.38. The molecule has 3 aliphatic rings. The minimum atomic E-state index is -0.824. The molecule has 0 N–H and O–H groups in total. The Bertz CT molecular complexity index is 2250. The number of ether oxygens (including phenoxy) is 3. The minimum Gasteiger partial charge on any atom is -0.497 e. The number of anilines is 1. The third kappa shape index (κ3) is 4.77. The summed E-state index contributed by atoms with van der Waals surface area (Å²) in [7, 11) is 1.73.